The van der Waals surface area contributed by atoms with E-state index in [1.807, 2.05) is 0 Å². The number of amides is 2. The van der Waals surface area contributed by atoms with Crippen molar-refractivity contribution in [3.05, 3.63) is 53.1 Å². The van der Waals surface area contributed by atoms with Crippen LogP contribution in [0.5, 0.6) is 0 Å². The molecule has 2 amide bonds. The number of cyclic esters (lactones) is 1. The molecule has 0 unspecified atom stereocenters. The fourth-order valence-electron chi connectivity index (χ4n) is 5.78. The van der Waals surface area contributed by atoms with Crippen molar-refractivity contribution in [2.75, 3.05) is 20.0 Å². The molecule has 1 aromatic carbocycles. The molecule has 290 valence electrons. The Kier molecular flexibility index (Phi) is 13.5. The minimum Gasteiger partial charge on any atom is -0.462 e. The zero-order valence-electron chi connectivity index (χ0n) is 30.6. The summed E-state index contributed by atoms with van der Waals surface area (Å²) in [4.78, 5) is 76.4. The third-order valence-corrected chi connectivity index (χ3v) is 8.56. The van der Waals surface area contributed by atoms with Gasteiger partial charge in [0.25, 0.3) is 0 Å². The smallest absolute Gasteiger partial charge is 0.348 e. The second-order valence-corrected chi connectivity index (χ2v) is 14.8. The third kappa shape index (κ3) is 11.4. The molecule has 2 saturated heterocycles. The van der Waals surface area contributed by atoms with Crippen LogP contribution >= 0.6 is 0 Å². The number of esters is 4. The maximum atomic E-state index is 13.5. The van der Waals surface area contributed by atoms with E-state index in [2.05, 4.69) is 10.6 Å². The Labute approximate surface area is 307 Å². The summed E-state index contributed by atoms with van der Waals surface area (Å²) in [5.41, 5.74) is -0.668. The van der Waals surface area contributed by atoms with Crippen LogP contribution in [0.4, 0.5) is 0 Å². The first-order valence-corrected chi connectivity index (χ1v) is 17.3. The van der Waals surface area contributed by atoms with Gasteiger partial charge in [0.1, 0.15) is 43.4 Å². The zero-order valence-corrected chi connectivity index (χ0v) is 30.6. The highest BCUT2D eigenvalue weighted by Gasteiger charge is 2.46. The molecule has 2 fully saturated rings. The highest BCUT2D eigenvalue weighted by Crippen LogP contribution is 2.32. The van der Waals surface area contributed by atoms with Crippen LogP contribution in [-0.4, -0.2) is 114 Å². The summed E-state index contributed by atoms with van der Waals surface area (Å²) in [7, 11) is 0. The summed E-state index contributed by atoms with van der Waals surface area (Å²) in [5.74, 6) is -4.16. The lowest BCUT2D eigenvalue weighted by molar-refractivity contribution is -0.159. The highest BCUT2D eigenvalue weighted by atomic mass is 16.7. The van der Waals surface area contributed by atoms with E-state index in [1.165, 1.54) is 31.2 Å². The fraction of sp³-hybridized carbons (Fsp3) is 0.568. The van der Waals surface area contributed by atoms with Crippen molar-refractivity contribution in [2.24, 2.45) is 5.41 Å². The van der Waals surface area contributed by atoms with Crippen molar-refractivity contribution in [1.82, 2.24) is 10.6 Å². The van der Waals surface area contributed by atoms with Crippen LogP contribution in [0.25, 0.3) is 6.08 Å². The summed E-state index contributed by atoms with van der Waals surface area (Å²) in [6.07, 6.45) is -0.949. The summed E-state index contributed by atoms with van der Waals surface area (Å²) in [5, 5.41) is 25.3. The molecule has 1 aromatic rings. The standard InChI is InChI=1S/C37H48N2O14/c1-20(41)29(33(45)38-24(17-40)11-13-28(43)53-36(2,3)4)39-32(44)23-15-25-30(50-19-49-25)26(16-23)51-34(46)22-9-7-8-21(14-22)10-12-27(42)52-31-35(47)48-18-37(31,5)6/h7-10,12,14-15,20,24-26,29-31,40-41H,11,13,16-19H2,1-6H3,(H,38,45)(H,39,44)/t20-,24-,25+,26+,29+,30+,31-/m0/s1. The fourth-order valence-corrected chi connectivity index (χ4v) is 5.78. The van der Waals surface area contributed by atoms with Crippen molar-refractivity contribution in [3.63, 3.8) is 0 Å². The number of aliphatic hydroxyl groups excluding tert-OH is 2. The van der Waals surface area contributed by atoms with Gasteiger partial charge in [0.05, 0.1) is 24.3 Å². The molecular formula is C37H48N2O14. The van der Waals surface area contributed by atoms with Crippen LogP contribution in [0.15, 0.2) is 42.0 Å². The number of ether oxygens (including phenoxy) is 6. The van der Waals surface area contributed by atoms with Gasteiger partial charge in [0.15, 0.2) is 0 Å². The van der Waals surface area contributed by atoms with Crippen LogP contribution in [0.2, 0.25) is 0 Å². The van der Waals surface area contributed by atoms with E-state index in [9.17, 15) is 39.0 Å². The van der Waals surface area contributed by atoms with E-state index >= 15 is 0 Å². The number of carbonyl (C=O) groups is 6. The Morgan fingerprint density at radius 2 is 1.83 bits per heavy atom. The molecule has 2 aliphatic heterocycles. The van der Waals surface area contributed by atoms with E-state index < -0.39 is 95.9 Å². The number of carbonyl (C=O) groups excluding carboxylic acids is 6. The first-order chi connectivity index (χ1) is 24.9. The molecular weight excluding hydrogens is 696 g/mol. The second-order valence-electron chi connectivity index (χ2n) is 14.8. The molecule has 1 aliphatic carbocycles. The first kappa shape index (κ1) is 41.1. The van der Waals surface area contributed by atoms with Gasteiger partial charge in [0, 0.05) is 29.9 Å². The average molecular weight is 745 g/mol. The lowest BCUT2D eigenvalue weighted by Crippen LogP contribution is -2.55. The summed E-state index contributed by atoms with van der Waals surface area (Å²) >= 11 is 0. The van der Waals surface area contributed by atoms with Crippen LogP contribution in [0, 0.1) is 5.41 Å². The van der Waals surface area contributed by atoms with Gasteiger partial charge in [-0.3, -0.25) is 14.4 Å². The van der Waals surface area contributed by atoms with Crippen LogP contribution in [0.3, 0.4) is 0 Å². The first-order valence-electron chi connectivity index (χ1n) is 17.3. The van der Waals surface area contributed by atoms with Crippen molar-refractivity contribution in [2.45, 2.75) is 109 Å². The number of benzene rings is 1. The van der Waals surface area contributed by atoms with Gasteiger partial charge < -0.3 is 49.3 Å². The van der Waals surface area contributed by atoms with Gasteiger partial charge in [-0.1, -0.05) is 26.0 Å². The summed E-state index contributed by atoms with van der Waals surface area (Å²) < 4.78 is 32.6. The van der Waals surface area contributed by atoms with E-state index in [-0.39, 0.29) is 43.8 Å². The third-order valence-electron chi connectivity index (χ3n) is 8.56. The zero-order chi connectivity index (χ0) is 39.1. The van der Waals surface area contributed by atoms with Crippen LogP contribution < -0.4 is 10.6 Å². The minimum atomic E-state index is -1.44. The van der Waals surface area contributed by atoms with Gasteiger partial charge >= 0.3 is 23.9 Å². The summed E-state index contributed by atoms with van der Waals surface area (Å²) in [6.45, 7) is 9.45. The Balaban J connectivity index is 1.37. The van der Waals surface area contributed by atoms with E-state index in [0.717, 1.165) is 6.08 Å². The molecule has 2 heterocycles. The molecule has 53 heavy (non-hydrogen) atoms. The maximum Gasteiger partial charge on any atom is 0.348 e. The molecule has 7 atom stereocenters. The van der Waals surface area contributed by atoms with Crippen LogP contribution in [-0.2, 0) is 52.4 Å². The maximum absolute atomic E-state index is 13.5. The molecule has 0 bridgehead atoms. The van der Waals surface area contributed by atoms with Gasteiger partial charge in [-0.25, -0.2) is 14.4 Å². The molecule has 4 rings (SSSR count). The number of rotatable bonds is 14. The van der Waals surface area contributed by atoms with Crippen molar-refractivity contribution in [1.29, 1.82) is 0 Å². The predicted octanol–water partition coefficient (Wildman–Crippen LogP) is 1.26. The largest absolute Gasteiger partial charge is 0.462 e. The van der Waals surface area contributed by atoms with Gasteiger partial charge in [0.2, 0.25) is 17.9 Å². The second kappa shape index (κ2) is 17.5. The Morgan fingerprint density at radius 3 is 2.47 bits per heavy atom. The number of hydrogen-bond acceptors (Lipinski definition) is 14. The normalized spacial score (nSPS) is 23.8. The van der Waals surface area contributed by atoms with Gasteiger partial charge in [-0.05, 0) is 64.0 Å². The lowest BCUT2D eigenvalue weighted by Gasteiger charge is -2.31. The highest BCUT2D eigenvalue weighted by molar-refractivity contribution is 5.98. The predicted molar refractivity (Wildman–Crippen MR) is 184 cm³/mol. The average Bonchev–Trinajstić information content (AvgIpc) is 3.67. The van der Waals surface area contributed by atoms with Crippen molar-refractivity contribution in [3.8, 4) is 0 Å². The molecule has 16 nitrogen and oxygen atoms in total. The van der Waals surface area contributed by atoms with E-state index in [4.69, 9.17) is 28.4 Å². The Bertz CT molecular complexity index is 1610. The molecule has 0 radical (unpaired) electrons. The Morgan fingerprint density at radius 1 is 1.09 bits per heavy atom. The topological polar surface area (TPSA) is 222 Å². The molecule has 0 aromatic heterocycles. The number of nitrogens with one attached hydrogen (secondary N) is 2. The minimum absolute atomic E-state index is 0.0544. The Hall–Kier alpha value is -4.64. The number of fused-ring (bicyclic) bond motifs is 1. The number of aliphatic hydroxyl groups is 2. The number of hydrogen-bond donors (Lipinski definition) is 4. The van der Waals surface area contributed by atoms with Gasteiger partial charge in [-0.2, -0.15) is 0 Å². The molecule has 0 spiro atoms. The van der Waals surface area contributed by atoms with Crippen molar-refractivity contribution < 1.29 is 67.4 Å². The molecule has 3 aliphatic rings. The summed E-state index contributed by atoms with van der Waals surface area (Å²) in [6, 6.07) is 3.91. The molecule has 16 heteroatoms. The van der Waals surface area contributed by atoms with Crippen molar-refractivity contribution >= 4 is 41.8 Å². The van der Waals surface area contributed by atoms with E-state index in [1.54, 1.807) is 46.8 Å². The van der Waals surface area contributed by atoms with Crippen LogP contribution in [0.1, 0.15) is 76.7 Å². The monoisotopic (exact) mass is 744 g/mol. The molecule has 4 N–H and O–H groups in total. The lowest BCUT2D eigenvalue weighted by atomic mass is 9.90. The molecule has 0 saturated carbocycles. The van der Waals surface area contributed by atoms with Gasteiger partial charge in [-0.15, -0.1) is 0 Å². The SMILES string of the molecule is C[C@H](O)[C@@H](NC(=O)C1=C[C@H]2OCO[C@H]2[C@H](OC(=O)c2cccc(C=CC(=O)O[C@H]3C(=O)OCC3(C)C)c2)C1)C(=O)N[C@H](CO)CCC(=O)OC(C)(C)C. The van der Waals surface area contributed by atoms with E-state index in [0.29, 0.717) is 5.56 Å². The quantitative estimate of drug-likeness (QED) is 0.120.